The Morgan fingerprint density at radius 3 is 2.65 bits per heavy atom. The Kier molecular flexibility index (Phi) is 8.30. The smallest absolute Gasteiger partial charge is 0.332 e. The van der Waals surface area contributed by atoms with Crippen LogP contribution < -0.4 is 10.6 Å². The number of hydrogen-bond acceptors (Lipinski definition) is 7. The van der Waals surface area contributed by atoms with Crippen LogP contribution in [0.5, 0.6) is 0 Å². The van der Waals surface area contributed by atoms with Gasteiger partial charge in [0.15, 0.2) is 6.04 Å². The zero-order valence-corrected chi connectivity index (χ0v) is 20.4. The molecule has 1 aromatic carbocycles. The van der Waals surface area contributed by atoms with Crippen molar-refractivity contribution in [3.05, 3.63) is 35.4 Å². The lowest BCUT2D eigenvalue weighted by atomic mass is 9.85. The molecule has 9 nitrogen and oxygen atoms in total. The van der Waals surface area contributed by atoms with E-state index in [2.05, 4.69) is 10.6 Å². The van der Waals surface area contributed by atoms with Crippen molar-refractivity contribution in [1.82, 2.24) is 15.5 Å². The molecule has 2 heterocycles. The summed E-state index contributed by atoms with van der Waals surface area (Å²) in [6.07, 6.45) is 2.14. The number of likely N-dealkylation sites (tertiary alicyclic amines) is 1. The second-order valence-corrected chi connectivity index (χ2v) is 9.23. The molecule has 0 saturated carbocycles. The van der Waals surface area contributed by atoms with Crippen LogP contribution in [0.3, 0.4) is 0 Å². The second-order valence-electron chi connectivity index (χ2n) is 9.23. The number of methoxy groups -OCH3 is 1. The van der Waals surface area contributed by atoms with Crippen LogP contribution in [-0.4, -0.2) is 72.6 Å². The summed E-state index contributed by atoms with van der Waals surface area (Å²) in [5, 5.41) is 6.00. The fraction of sp³-hybridized carbons (Fsp3) is 0.600. The fourth-order valence-electron chi connectivity index (χ4n) is 5.04. The Morgan fingerprint density at radius 1 is 1.26 bits per heavy atom. The predicted molar refractivity (Wildman–Crippen MR) is 125 cm³/mol. The van der Waals surface area contributed by atoms with E-state index in [1.54, 1.807) is 4.90 Å². The molecular formula is C25H35N3O6. The van der Waals surface area contributed by atoms with Crippen LogP contribution in [-0.2, 0) is 35.1 Å². The molecule has 2 fully saturated rings. The molecule has 34 heavy (non-hydrogen) atoms. The van der Waals surface area contributed by atoms with Crippen LogP contribution in [0.1, 0.15) is 50.7 Å². The van der Waals surface area contributed by atoms with Gasteiger partial charge in [-0.25, -0.2) is 4.79 Å². The van der Waals surface area contributed by atoms with Crippen molar-refractivity contribution in [2.24, 2.45) is 0 Å². The van der Waals surface area contributed by atoms with Crippen LogP contribution in [0.2, 0.25) is 0 Å². The summed E-state index contributed by atoms with van der Waals surface area (Å²) in [4.78, 5) is 53.1. The first-order chi connectivity index (χ1) is 16.2. The van der Waals surface area contributed by atoms with E-state index in [9.17, 15) is 19.2 Å². The Labute approximate surface area is 200 Å². The van der Waals surface area contributed by atoms with Crippen molar-refractivity contribution in [3.8, 4) is 0 Å². The molecule has 0 aromatic heterocycles. The van der Waals surface area contributed by atoms with Crippen molar-refractivity contribution in [2.75, 3.05) is 20.2 Å². The molecule has 186 valence electrons. The van der Waals surface area contributed by atoms with Gasteiger partial charge in [0.05, 0.1) is 13.2 Å². The summed E-state index contributed by atoms with van der Waals surface area (Å²) in [7, 11) is 1.21. The number of esters is 2. The number of ether oxygens (including phenoxy) is 2. The minimum Gasteiger partial charge on any atom is -0.467 e. The van der Waals surface area contributed by atoms with Gasteiger partial charge in [0.25, 0.3) is 0 Å². The van der Waals surface area contributed by atoms with Gasteiger partial charge < -0.3 is 25.0 Å². The summed E-state index contributed by atoms with van der Waals surface area (Å²) in [5.74, 6) is -1.84. The van der Waals surface area contributed by atoms with Gasteiger partial charge in [0, 0.05) is 19.9 Å². The molecule has 3 rings (SSSR count). The van der Waals surface area contributed by atoms with E-state index >= 15 is 0 Å². The van der Waals surface area contributed by atoms with Gasteiger partial charge in [-0.3, -0.25) is 14.4 Å². The Bertz CT molecular complexity index is 929. The number of benzene rings is 1. The first-order valence-corrected chi connectivity index (χ1v) is 11.8. The highest BCUT2D eigenvalue weighted by atomic mass is 16.6. The molecule has 0 radical (unpaired) electrons. The summed E-state index contributed by atoms with van der Waals surface area (Å²) in [6.45, 7) is 5.96. The largest absolute Gasteiger partial charge is 0.467 e. The lowest BCUT2D eigenvalue weighted by molar-refractivity contribution is -0.158. The minimum atomic E-state index is -1.20. The molecule has 0 aliphatic carbocycles. The number of amides is 2. The van der Waals surface area contributed by atoms with Gasteiger partial charge in [-0.15, -0.1) is 0 Å². The molecule has 0 unspecified atom stereocenters. The highest BCUT2D eigenvalue weighted by Crippen LogP contribution is 2.35. The molecular weight excluding hydrogens is 438 g/mol. The Morgan fingerprint density at radius 2 is 2.03 bits per heavy atom. The summed E-state index contributed by atoms with van der Waals surface area (Å²) >= 11 is 0. The van der Waals surface area contributed by atoms with Gasteiger partial charge in [-0.2, -0.15) is 0 Å². The van der Waals surface area contributed by atoms with Crippen LogP contribution >= 0.6 is 0 Å². The van der Waals surface area contributed by atoms with Crippen LogP contribution in [0.4, 0.5) is 0 Å². The minimum absolute atomic E-state index is 0.0968. The first kappa shape index (κ1) is 25.7. The SMILES string of the molecule is COC(=O)[C@H](NC(=O)[C@]1(Cc2cccc(C)c2)CCCN1C(=O)[C@@H]1CCCN1)[C@@H](C)OC(C)=O. The van der Waals surface area contributed by atoms with Crippen molar-refractivity contribution in [1.29, 1.82) is 0 Å². The zero-order chi connectivity index (χ0) is 24.9. The molecule has 4 atom stereocenters. The average molecular weight is 474 g/mol. The number of hydrogen-bond donors (Lipinski definition) is 2. The Hall–Kier alpha value is -2.94. The first-order valence-electron chi connectivity index (χ1n) is 11.8. The third kappa shape index (κ3) is 5.58. The third-order valence-electron chi connectivity index (χ3n) is 6.68. The topological polar surface area (TPSA) is 114 Å². The van der Waals surface area contributed by atoms with E-state index in [0.717, 1.165) is 30.5 Å². The van der Waals surface area contributed by atoms with E-state index < -0.39 is 35.5 Å². The second kappa shape index (κ2) is 11.0. The van der Waals surface area contributed by atoms with Gasteiger partial charge >= 0.3 is 11.9 Å². The third-order valence-corrected chi connectivity index (χ3v) is 6.68. The van der Waals surface area contributed by atoms with Crippen LogP contribution in [0.25, 0.3) is 0 Å². The maximum absolute atomic E-state index is 13.9. The van der Waals surface area contributed by atoms with E-state index in [1.807, 2.05) is 31.2 Å². The number of nitrogens with zero attached hydrogens (tertiary/aromatic N) is 1. The summed E-state index contributed by atoms with van der Waals surface area (Å²) in [6, 6.07) is 6.33. The quantitative estimate of drug-likeness (QED) is 0.547. The van der Waals surface area contributed by atoms with Gasteiger partial charge in [0.1, 0.15) is 11.6 Å². The highest BCUT2D eigenvalue weighted by Gasteiger charge is 2.52. The Balaban J connectivity index is 1.96. The zero-order valence-electron chi connectivity index (χ0n) is 20.4. The van der Waals surface area contributed by atoms with Crippen molar-refractivity contribution >= 4 is 23.8 Å². The molecule has 2 amide bonds. The number of aryl methyl sites for hydroxylation is 1. The molecule has 1 aromatic rings. The average Bonchev–Trinajstić information content (AvgIpc) is 3.47. The van der Waals surface area contributed by atoms with Gasteiger partial charge in [-0.1, -0.05) is 29.8 Å². The van der Waals surface area contributed by atoms with E-state index in [0.29, 0.717) is 25.8 Å². The normalized spacial score (nSPS) is 23.8. The van der Waals surface area contributed by atoms with Crippen LogP contribution in [0.15, 0.2) is 24.3 Å². The molecule has 2 aliphatic heterocycles. The maximum atomic E-state index is 13.9. The molecule has 9 heteroatoms. The molecule has 0 bridgehead atoms. The van der Waals surface area contributed by atoms with Crippen molar-refractivity contribution in [2.45, 2.75) is 76.6 Å². The summed E-state index contributed by atoms with van der Waals surface area (Å²) in [5.41, 5.74) is 0.811. The van der Waals surface area contributed by atoms with Crippen molar-refractivity contribution < 1.29 is 28.7 Å². The van der Waals surface area contributed by atoms with Gasteiger partial charge in [0.2, 0.25) is 11.8 Å². The van der Waals surface area contributed by atoms with E-state index in [1.165, 1.54) is 21.0 Å². The number of nitrogens with one attached hydrogen (secondary N) is 2. The standard InChI is InChI=1S/C25H35N3O6/c1-16-8-5-9-19(14-16)15-25(11-7-13-28(25)22(30)20-10-6-12-26-20)24(32)27-21(23(31)33-4)17(2)34-18(3)29/h5,8-9,14,17,20-21,26H,6-7,10-13,15H2,1-4H3,(H,27,32)/t17-,20+,21-,25-/m1/s1. The molecule has 2 N–H and O–H groups in total. The molecule has 0 spiro atoms. The monoisotopic (exact) mass is 473 g/mol. The number of carbonyl (C=O) groups is 4. The molecule has 2 saturated heterocycles. The highest BCUT2D eigenvalue weighted by molar-refractivity contribution is 5.96. The van der Waals surface area contributed by atoms with Crippen LogP contribution in [0, 0.1) is 6.92 Å². The lowest BCUT2D eigenvalue weighted by Crippen LogP contribution is -2.64. The number of carbonyl (C=O) groups excluding carboxylic acids is 4. The van der Waals surface area contributed by atoms with Gasteiger partial charge in [-0.05, 0) is 51.6 Å². The van der Waals surface area contributed by atoms with E-state index in [-0.39, 0.29) is 11.9 Å². The van der Waals surface area contributed by atoms with E-state index in [4.69, 9.17) is 9.47 Å². The van der Waals surface area contributed by atoms with Crippen molar-refractivity contribution in [3.63, 3.8) is 0 Å². The lowest BCUT2D eigenvalue weighted by Gasteiger charge is -2.40. The predicted octanol–water partition coefficient (Wildman–Crippen LogP) is 1.26. The maximum Gasteiger partial charge on any atom is 0.332 e. The molecule has 2 aliphatic rings. The fourth-order valence-corrected chi connectivity index (χ4v) is 5.04. The summed E-state index contributed by atoms with van der Waals surface area (Å²) < 4.78 is 10.0. The number of rotatable bonds is 8.